The van der Waals surface area contributed by atoms with Gasteiger partial charge in [-0.2, -0.15) is 0 Å². The summed E-state index contributed by atoms with van der Waals surface area (Å²) in [5, 5.41) is 0. The van der Waals surface area contributed by atoms with Gasteiger partial charge in [-0.1, -0.05) is 6.07 Å². The summed E-state index contributed by atoms with van der Waals surface area (Å²) in [5.74, 6) is 2.30. The van der Waals surface area contributed by atoms with Gasteiger partial charge in [0.05, 0.1) is 12.5 Å². The smallest absolute Gasteiger partial charge is 0.274 e. The Bertz CT molecular complexity index is 461. The van der Waals surface area contributed by atoms with E-state index in [1.54, 1.807) is 11.2 Å². The van der Waals surface area contributed by atoms with E-state index in [9.17, 15) is 0 Å². The van der Waals surface area contributed by atoms with Crippen LogP contribution in [-0.2, 0) is 6.54 Å². The Kier molecular flexibility index (Phi) is 3.28. The molecular weight excluding hydrogens is 226 g/mol. The van der Waals surface area contributed by atoms with Crippen LogP contribution < -0.4 is 14.8 Å². The number of rotatable bonds is 3. The number of pyridine rings is 1. The summed E-state index contributed by atoms with van der Waals surface area (Å²) in [7, 11) is 0. The third-order valence-electron chi connectivity index (χ3n) is 3.51. The number of hydrogen-bond donors (Lipinski definition) is 1. The van der Waals surface area contributed by atoms with Crippen molar-refractivity contribution in [1.29, 1.82) is 0 Å². The van der Waals surface area contributed by atoms with E-state index in [0.29, 0.717) is 0 Å². The second kappa shape index (κ2) is 5.23. The zero-order chi connectivity index (χ0) is 12.2. The summed E-state index contributed by atoms with van der Waals surface area (Å²) in [6, 6.07) is 10.3. The number of aromatic amines is 1. The molecule has 4 heteroatoms. The van der Waals surface area contributed by atoms with Gasteiger partial charge in [0.2, 0.25) is 0 Å². The first kappa shape index (κ1) is 11.3. The van der Waals surface area contributed by atoms with Gasteiger partial charge in [-0.25, -0.2) is 4.98 Å². The molecule has 18 heavy (non-hydrogen) atoms. The van der Waals surface area contributed by atoms with Gasteiger partial charge in [0, 0.05) is 6.07 Å². The van der Waals surface area contributed by atoms with Crippen molar-refractivity contribution in [2.75, 3.05) is 31.1 Å². The third kappa shape index (κ3) is 2.54. The van der Waals surface area contributed by atoms with Crippen LogP contribution in [0, 0.1) is 0 Å². The zero-order valence-corrected chi connectivity index (χ0v) is 10.4. The van der Waals surface area contributed by atoms with Crippen LogP contribution in [-0.4, -0.2) is 26.2 Å². The maximum Gasteiger partial charge on any atom is 0.274 e. The van der Waals surface area contributed by atoms with E-state index in [1.165, 1.54) is 5.82 Å². The second-order valence-electron chi connectivity index (χ2n) is 4.74. The highest BCUT2D eigenvalue weighted by Crippen LogP contribution is 2.05. The number of anilines is 1. The highest BCUT2D eigenvalue weighted by atomic mass is 16.3. The number of nitrogens with zero attached hydrogens (tertiary/aromatic N) is 1. The fraction of sp³-hybridized carbons (Fsp3) is 0.357. The molecule has 0 aliphatic carbocycles. The lowest BCUT2D eigenvalue weighted by Gasteiger charge is -2.27. The predicted octanol–water partition coefficient (Wildman–Crippen LogP) is -0.00120. The van der Waals surface area contributed by atoms with Crippen molar-refractivity contribution in [3.05, 3.63) is 48.6 Å². The summed E-state index contributed by atoms with van der Waals surface area (Å²) in [5.41, 5.74) is 0. The number of aromatic nitrogens is 1. The van der Waals surface area contributed by atoms with Crippen molar-refractivity contribution < 1.29 is 14.3 Å². The van der Waals surface area contributed by atoms with Crippen LogP contribution >= 0.6 is 0 Å². The molecule has 2 N–H and O–H groups in total. The van der Waals surface area contributed by atoms with Gasteiger partial charge >= 0.3 is 0 Å². The van der Waals surface area contributed by atoms with Crippen LogP contribution in [0.15, 0.2) is 47.2 Å². The van der Waals surface area contributed by atoms with Crippen LogP contribution in [0.4, 0.5) is 5.82 Å². The molecule has 0 aromatic carbocycles. The number of furan rings is 1. The van der Waals surface area contributed by atoms with Gasteiger partial charge in [0.15, 0.2) is 5.76 Å². The summed E-state index contributed by atoms with van der Waals surface area (Å²) in [4.78, 5) is 7.30. The molecule has 0 atom stereocenters. The number of quaternary nitrogens is 1. The fourth-order valence-corrected chi connectivity index (χ4v) is 2.48. The molecule has 0 unspecified atom stereocenters. The van der Waals surface area contributed by atoms with Crippen molar-refractivity contribution in [2.45, 2.75) is 6.54 Å². The normalized spacial score (nSPS) is 17.0. The first-order chi connectivity index (χ1) is 8.92. The van der Waals surface area contributed by atoms with E-state index < -0.39 is 0 Å². The van der Waals surface area contributed by atoms with Gasteiger partial charge in [-0.05, 0) is 18.2 Å². The molecule has 0 saturated carbocycles. The lowest BCUT2D eigenvalue weighted by atomic mass is 10.3. The highest BCUT2D eigenvalue weighted by molar-refractivity contribution is 5.31. The lowest BCUT2D eigenvalue weighted by molar-refractivity contribution is -0.915. The molecule has 3 rings (SSSR count). The first-order valence-corrected chi connectivity index (χ1v) is 6.49. The predicted molar refractivity (Wildman–Crippen MR) is 68.3 cm³/mol. The van der Waals surface area contributed by atoms with Crippen molar-refractivity contribution in [3.63, 3.8) is 0 Å². The molecule has 0 spiro atoms. The molecule has 0 bridgehead atoms. The molecule has 3 heterocycles. The zero-order valence-electron chi connectivity index (χ0n) is 10.4. The summed E-state index contributed by atoms with van der Waals surface area (Å²) >= 11 is 0. The van der Waals surface area contributed by atoms with E-state index in [0.717, 1.165) is 38.5 Å². The van der Waals surface area contributed by atoms with Crippen molar-refractivity contribution in [1.82, 2.24) is 0 Å². The monoisotopic (exact) mass is 245 g/mol. The Morgan fingerprint density at radius 1 is 1.17 bits per heavy atom. The number of H-pyrrole nitrogens is 1. The molecule has 2 aromatic rings. The Balaban J connectivity index is 1.55. The van der Waals surface area contributed by atoms with Crippen molar-refractivity contribution in [3.8, 4) is 0 Å². The summed E-state index contributed by atoms with van der Waals surface area (Å²) < 4.78 is 5.41. The van der Waals surface area contributed by atoms with Gasteiger partial charge in [0.25, 0.3) is 5.82 Å². The van der Waals surface area contributed by atoms with E-state index in [1.807, 2.05) is 18.3 Å². The van der Waals surface area contributed by atoms with E-state index in [4.69, 9.17) is 4.42 Å². The summed E-state index contributed by atoms with van der Waals surface area (Å²) in [6.07, 6.45) is 3.74. The second-order valence-corrected chi connectivity index (χ2v) is 4.74. The molecule has 1 aliphatic rings. The Hall–Kier alpha value is -1.81. The molecule has 1 fully saturated rings. The van der Waals surface area contributed by atoms with Gasteiger partial charge in [-0.15, -0.1) is 0 Å². The molecule has 2 aromatic heterocycles. The topological polar surface area (TPSA) is 35.0 Å². The maximum absolute atomic E-state index is 5.41. The van der Waals surface area contributed by atoms with E-state index >= 15 is 0 Å². The molecule has 4 nitrogen and oxygen atoms in total. The molecule has 1 saturated heterocycles. The Labute approximate surface area is 107 Å². The minimum atomic E-state index is 0.999. The van der Waals surface area contributed by atoms with Crippen LogP contribution in [0.5, 0.6) is 0 Å². The average molecular weight is 245 g/mol. The van der Waals surface area contributed by atoms with E-state index in [-0.39, 0.29) is 0 Å². The standard InChI is InChI=1S/C14H17N3O/c1-2-6-15-14(5-1)17-9-7-16(8-10-17)12-13-4-3-11-18-13/h1-6,11H,7-10,12H2/p+2. The van der Waals surface area contributed by atoms with Gasteiger partial charge in [-0.3, -0.25) is 4.90 Å². The quantitative estimate of drug-likeness (QED) is 0.826. The van der Waals surface area contributed by atoms with Gasteiger partial charge < -0.3 is 9.32 Å². The lowest BCUT2D eigenvalue weighted by Crippen LogP contribution is -3.13. The number of nitrogens with one attached hydrogen (secondary N) is 2. The van der Waals surface area contributed by atoms with Crippen LogP contribution in [0.25, 0.3) is 0 Å². The molecule has 0 radical (unpaired) electrons. The van der Waals surface area contributed by atoms with Gasteiger partial charge in [0.1, 0.15) is 32.7 Å². The molecule has 0 amide bonds. The van der Waals surface area contributed by atoms with Crippen LogP contribution in [0.1, 0.15) is 5.76 Å². The Morgan fingerprint density at radius 3 is 2.72 bits per heavy atom. The minimum Gasteiger partial charge on any atom is -0.463 e. The maximum atomic E-state index is 5.41. The largest absolute Gasteiger partial charge is 0.463 e. The highest BCUT2D eigenvalue weighted by Gasteiger charge is 2.26. The average Bonchev–Trinajstić information content (AvgIpc) is 2.94. The third-order valence-corrected chi connectivity index (χ3v) is 3.51. The Morgan fingerprint density at radius 2 is 2.06 bits per heavy atom. The SMILES string of the molecule is c1ccc(N2CC[NH+](Cc3ccco3)CC2)[nH+]c1. The van der Waals surface area contributed by atoms with E-state index in [2.05, 4.69) is 28.1 Å². The van der Waals surface area contributed by atoms with Crippen LogP contribution in [0.3, 0.4) is 0 Å². The summed E-state index contributed by atoms with van der Waals surface area (Å²) in [6.45, 7) is 5.50. The van der Waals surface area contributed by atoms with Crippen molar-refractivity contribution >= 4 is 5.82 Å². The van der Waals surface area contributed by atoms with Crippen LogP contribution in [0.2, 0.25) is 0 Å². The minimum absolute atomic E-state index is 0.999. The number of piperazine rings is 1. The first-order valence-electron chi connectivity index (χ1n) is 6.49. The molecule has 94 valence electrons. The molecule has 1 aliphatic heterocycles. The fourth-order valence-electron chi connectivity index (χ4n) is 2.48. The number of hydrogen-bond acceptors (Lipinski definition) is 2. The molecular formula is C14H19N3O+2. The van der Waals surface area contributed by atoms with Crippen molar-refractivity contribution in [2.24, 2.45) is 0 Å².